The molecule has 0 spiro atoms. The number of hydrogen-bond donors (Lipinski definition) is 2. The molecular weight excluding hydrogens is 489 g/mol. The highest BCUT2D eigenvalue weighted by atomic mass is 19.4. The Morgan fingerprint density at radius 2 is 1.11 bits per heavy atom. The topological polar surface area (TPSA) is 114 Å². The first-order valence-electron chi connectivity index (χ1n) is 10.7. The summed E-state index contributed by atoms with van der Waals surface area (Å²) >= 11 is 0. The van der Waals surface area contributed by atoms with E-state index in [1.807, 2.05) is 0 Å². The van der Waals surface area contributed by atoms with Crippen molar-refractivity contribution in [3.8, 4) is 23.0 Å². The van der Waals surface area contributed by atoms with Crippen LogP contribution in [-0.4, -0.2) is 11.9 Å². The molecule has 0 unspecified atom stereocenters. The summed E-state index contributed by atoms with van der Waals surface area (Å²) in [6, 6.07) is 19.9. The summed E-state index contributed by atoms with van der Waals surface area (Å²) in [7, 11) is 0. The van der Waals surface area contributed by atoms with E-state index < -0.39 is 23.7 Å². The monoisotopic (exact) mass is 508 g/mol. The van der Waals surface area contributed by atoms with Crippen molar-refractivity contribution in [2.45, 2.75) is 6.18 Å². The molecule has 0 saturated carbocycles. The predicted molar refractivity (Wildman–Crippen MR) is 130 cm³/mol. The molecule has 0 heterocycles. The van der Waals surface area contributed by atoms with Crippen LogP contribution in [0.3, 0.4) is 0 Å². The highest BCUT2D eigenvalue weighted by Crippen LogP contribution is 2.33. The Bertz CT molecular complexity index is 1420. The lowest BCUT2D eigenvalue weighted by molar-refractivity contribution is -0.137. The number of carbonyl (C=O) groups excluding carboxylic acids is 2. The molecule has 4 rings (SSSR count). The zero-order valence-corrected chi connectivity index (χ0v) is 19.0. The summed E-state index contributed by atoms with van der Waals surface area (Å²) < 4.78 is 55.1. The maximum Gasteiger partial charge on any atom is 0.416 e. The van der Waals surface area contributed by atoms with Crippen molar-refractivity contribution in [1.82, 2.24) is 0 Å². The van der Waals surface area contributed by atoms with E-state index in [1.54, 1.807) is 24.3 Å². The summed E-state index contributed by atoms with van der Waals surface area (Å²) in [5.41, 5.74) is 11.3. The third-order valence-electron chi connectivity index (χ3n) is 5.03. The van der Waals surface area contributed by atoms with Crippen molar-refractivity contribution in [1.29, 1.82) is 0 Å². The lowest BCUT2D eigenvalue weighted by Crippen LogP contribution is -2.13. The summed E-state index contributed by atoms with van der Waals surface area (Å²) in [5, 5.41) is 0. The Labute approximate surface area is 209 Å². The molecule has 0 aliphatic heterocycles. The van der Waals surface area contributed by atoms with Gasteiger partial charge >= 0.3 is 18.1 Å². The van der Waals surface area contributed by atoms with E-state index in [1.165, 1.54) is 42.5 Å². The van der Waals surface area contributed by atoms with Gasteiger partial charge in [-0.25, -0.2) is 9.59 Å². The van der Waals surface area contributed by atoms with Crippen molar-refractivity contribution >= 4 is 23.3 Å². The molecule has 0 fully saturated rings. The first-order valence-corrected chi connectivity index (χ1v) is 10.7. The van der Waals surface area contributed by atoms with Crippen LogP contribution in [0.5, 0.6) is 23.0 Å². The molecule has 37 heavy (non-hydrogen) atoms. The van der Waals surface area contributed by atoms with Crippen LogP contribution < -0.4 is 25.7 Å². The van der Waals surface area contributed by atoms with Gasteiger partial charge in [-0.05, 0) is 91.0 Å². The molecule has 188 valence electrons. The lowest BCUT2D eigenvalue weighted by atomic mass is 10.1. The van der Waals surface area contributed by atoms with Gasteiger partial charge in [-0.1, -0.05) is 0 Å². The standard InChI is InChI=1S/C27H19F3N2O5/c28-27(29,30)17-2-8-20(9-3-17)35-24-15-16(25(33)36-21-10-4-18(31)5-11-21)1-14-23(24)26(34)37-22-12-6-19(32)7-13-22/h1-15H,31-32H2. The van der Waals surface area contributed by atoms with Gasteiger partial charge in [0.15, 0.2) is 0 Å². The van der Waals surface area contributed by atoms with Gasteiger partial charge in [0.25, 0.3) is 0 Å². The van der Waals surface area contributed by atoms with Gasteiger partial charge < -0.3 is 25.7 Å². The van der Waals surface area contributed by atoms with Crippen molar-refractivity contribution in [3.05, 3.63) is 108 Å². The minimum Gasteiger partial charge on any atom is -0.456 e. The van der Waals surface area contributed by atoms with E-state index in [0.717, 1.165) is 24.3 Å². The van der Waals surface area contributed by atoms with Crippen LogP contribution in [0.1, 0.15) is 26.3 Å². The SMILES string of the molecule is Nc1ccc(OC(=O)c2ccc(C(=O)Oc3ccc(N)cc3)c(Oc3ccc(C(F)(F)F)cc3)c2)cc1. The molecule has 0 amide bonds. The molecule has 0 aliphatic rings. The third kappa shape index (κ3) is 6.37. The summed E-state index contributed by atoms with van der Waals surface area (Å²) in [5.74, 6) is -1.29. The smallest absolute Gasteiger partial charge is 0.416 e. The van der Waals surface area contributed by atoms with Crippen LogP contribution in [0.15, 0.2) is 91.0 Å². The zero-order valence-electron chi connectivity index (χ0n) is 19.0. The molecule has 0 radical (unpaired) electrons. The number of carbonyl (C=O) groups is 2. The van der Waals surface area contributed by atoms with Crippen molar-refractivity contribution in [2.75, 3.05) is 11.5 Å². The van der Waals surface area contributed by atoms with Gasteiger partial charge in [0.1, 0.15) is 28.6 Å². The molecule has 0 aromatic heterocycles. The Kier molecular flexibility index (Phi) is 7.01. The number of nitrogen functional groups attached to an aromatic ring is 2. The van der Waals surface area contributed by atoms with E-state index in [-0.39, 0.29) is 34.1 Å². The van der Waals surface area contributed by atoms with Crippen molar-refractivity contribution in [3.63, 3.8) is 0 Å². The maximum absolute atomic E-state index is 12.9. The maximum atomic E-state index is 12.9. The number of nitrogens with two attached hydrogens (primary N) is 2. The first kappa shape index (κ1) is 25.1. The Morgan fingerprint density at radius 1 is 0.622 bits per heavy atom. The molecule has 0 aliphatic carbocycles. The lowest BCUT2D eigenvalue weighted by Gasteiger charge is -2.14. The van der Waals surface area contributed by atoms with Crippen molar-refractivity contribution in [2.24, 2.45) is 0 Å². The highest BCUT2D eigenvalue weighted by molar-refractivity contribution is 5.97. The number of hydrogen-bond acceptors (Lipinski definition) is 7. The number of ether oxygens (including phenoxy) is 3. The average Bonchev–Trinajstić information content (AvgIpc) is 2.86. The van der Waals surface area contributed by atoms with Crippen LogP contribution in [0, 0.1) is 0 Å². The van der Waals surface area contributed by atoms with E-state index in [0.29, 0.717) is 11.4 Å². The fraction of sp³-hybridized carbons (Fsp3) is 0.0370. The van der Waals surface area contributed by atoms with Gasteiger partial charge in [-0.15, -0.1) is 0 Å². The summed E-state index contributed by atoms with van der Waals surface area (Å²) in [6.45, 7) is 0. The van der Waals surface area contributed by atoms with Crippen LogP contribution in [-0.2, 0) is 6.18 Å². The first-order chi connectivity index (χ1) is 17.6. The summed E-state index contributed by atoms with van der Waals surface area (Å²) in [6.07, 6.45) is -4.53. The van der Waals surface area contributed by atoms with E-state index in [2.05, 4.69) is 0 Å². The number of rotatable bonds is 6. The van der Waals surface area contributed by atoms with Crippen LogP contribution in [0.4, 0.5) is 24.5 Å². The third-order valence-corrected chi connectivity index (χ3v) is 5.03. The van der Waals surface area contributed by atoms with E-state index in [4.69, 9.17) is 25.7 Å². The molecule has 4 N–H and O–H groups in total. The van der Waals surface area contributed by atoms with Gasteiger partial charge in [0.2, 0.25) is 0 Å². The quantitative estimate of drug-likeness (QED) is 0.184. The number of anilines is 2. The zero-order chi connectivity index (χ0) is 26.6. The Morgan fingerprint density at radius 3 is 1.62 bits per heavy atom. The largest absolute Gasteiger partial charge is 0.456 e. The van der Waals surface area contributed by atoms with Gasteiger partial charge in [-0.2, -0.15) is 13.2 Å². The van der Waals surface area contributed by atoms with Gasteiger partial charge in [0.05, 0.1) is 11.1 Å². The minimum absolute atomic E-state index is 0.00131. The molecular formula is C27H19F3N2O5. The molecule has 0 bridgehead atoms. The van der Waals surface area contributed by atoms with Gasteiger partial charge in [0, 0.05) is 11.4 Å². The molecule has 4 aromatic carbocycles. The van der Waals surface area contributed by atoms with Crippen molar-refractivity contribution < 1.29 is 37.0 Å². The predicted octanol–water partition coefficient (Wildman–Crippen LogP) is 6.10. The number of esters is 2. The van der Waals surface area contributed by atoms with E-state index in [9.17, 15) is 22.8 Å². The molecule has 7 nitrogen and oxygen atoms in total. The number of alkyl halides is 3. The second-order valence-electron chi connectivity index (χ2n) is 7.75. The average molecular weight is 508 g/mol. The molecule has 0 atom stereocenters. The van der Waals surface area contributed by atoms with E-state index >= 15 is 0 Å². The highest BCUT2D eigenvalue weighted by Gasteiger charge is 2.30. The molecule has 10 heteroatoms. The number of benzene rings is 4. The summed E-state index contributed by atoms with van der Waals surface area (Å²) in [4.78, 5) is 25.6. The fourth-order valence-electron chi connectivity index (χ4n) is 3.14. The van der Waals surface area contributed by atoms with Gasteiger partial charge in [-0.3, -0.25) is 0 Å². The molecule has 4 aromatic rings. The van der Waals surface area contributed by atoms with Crippen LogP contribution >= 0.6 is 0 Å². The van der Waals surface area contributed by atoms with Crippen LogP contribution in [0.2, 0.25) is 0 Å². The second kappa shape index (κ2) is 10.3. The van der Waals surface area contributed by atoms with Crippen LogP contribution in [0.25, 0.3) is 0 Å². The second-order valence-corrected chi connectivity index (χ2v) is 7.75. The minimum atomic E-state index is -4.53. The fourth-order valence-corrected chi connectivity index (χ4v) is 3.14. The Hall–Kier alpha value is -4.99. The number of halogens is 3. The molecule has 0 saturated heterocycles. The normalized spacial score (nSPS) is 11.0. The Balaban J connectivity index is 1.64.